The maximum absolute atomic E-state index is 11.0. The Morgan fingerprint density at radius 1 is 1.83 bits per heavy atom. The normalized spacial score (nSPS) is 17.2. The van der Waals surface area contributed by atoms with E-state index in [1.807, 2.05) is 0 Å². The topological polar surface area (TPSA) is 49.8 Å². The summed E-state index contributed by atoms with van der Waals surface area (Å²) in [6.07, 6.45) is 3.06. The van der Waals surface area contributed by atoms with Crippen LogP contribution in [-0.4, -0.2) is 36.4 Å². The smallest absolute Gasteiger partial charge is 0.413 e. The Morgan fingerprint density at radius 2 is 2.58 bits per heavy atom. The fourth-order valence-corrected chi connectivity index (χ4v) is 1.21. The molecular formula is C8H13NO3. The molecule has 1 aliphatic heterocycles. The van der Waals surface area contributed by atoms with Crippen LogP contribution < -0.4 is 0 Å². The second kappa shape index (κ2) is 4.11. The summed E-state index contributed by atoms with van der Waals surface area (Å²) in [7, 11) is 1.35. The Morgan fingerprint density at radius 3 is 3.17 bits per heavy atom. The van der Waals surface area contributed by atoms with Crippen LogP contribution in [0.4, 0.5) is 4.79 Å². The van der Waals surface area contributed by atoms with Crippen molar-refractivity contribution in [2.45, 2.75) is 12.8 Å². The van der Waals surface area contributed by atoms with Crippen LogP contribution in [0.25, 0.3) is 0 Å². The summed E-state index contributed by atoms with van der Waals surface area (Å²) < 4.78 is 4.54. The van der Waals surface area contributed by atoms with Gasteiger partial charge in [-0.05, 0) is 18.4 Å². The summed E-state index contributed by atoms with van der Waals surface area (Å²) in [6.45, 7) is 0.698. The van der Waals surface area contributed by atoms with Gasteiger partial charge >= 0.3 is 6.09 Å². The molecule has 0 aliphatic carbocycles. The van der Waals surface area contributed by atoms with Crippen molar-refractivity contribution in [2.24, 2.45) is 0 Å². The van der Waals surface area contributed by atoms with Gasteiger partial charge in [0.1, 0.15) is 0 Å². The molecule has 1 N–H and O–H groups in total. The van der Waals surface area contributed by atoms with Crippen LogP contribution in [0.1, 0.15) is 12.8 Å². The summed E-state index contributed by atoms with van der Waals surface area (Å²) in [5, 5.41) is 8.82. The highest BCUT2D eigenvalue weighted by Gasteiger charge is 2.15. The lowest BCUT2D eigenvalue weighted by molar-refractivity contribution is 0.136. The lowest BCUT2D eigenvalue weighted by Gasteiger charge is -2.22. The summed E-state index contributed by atoms with van der Waals surface area (Å²) in [4.78, 5) is 12.5. The molecule has 0 fully saturated rings. The SMILES string of the molecule is COC(=O)N1C=C(CO)CCC1. The van der Waals surface area contributed by atoms with Crippen molar-refractivity contribution in [3.8, 4) is 0 Å². The molecule has 0 radical (unpaired) electrons. The Labute approximate surface area is 71.4 Å². The van der Waals surface area contributed by atoms with Gasteiger partial charge in [-0.15, -0.1) is 0 Å². The maximum Gasteiger partial charge on any atom is 0.413 e. The molecule has 1 rings (SSSR count). The number of rotatable bonds is 1. The number of amides is 1. The van der Waals surface area contributed by atoms with Gasteiger partial charge in [-0.3, -0.25) is 4.90 Å². The lowest BCUT2D eigenvalue weighted by Crippen LogP contribution is -2.30. The zero-order valence-corrected chi connectivity index (χ0v) is 7.12. The standard InChI is InChI=1S/C8H13NO3/c1-12-8(11)9-4-2-3-7(5-9)6-10/h5,10H,2-4,6H2,1H3. The van der Waals surface area contributed by atoms with Crippen molar-refractivity contribution >= 4 is 6.09 Å². The molecule has 0 aromatic rings. The van der Waals surface area contributed by atoms with Crippen molar-refractivity contribution in [2.75, 3.05) is 20.3 Å². The minimum atomic E-state index is -0.361. The highest BCUT2D eigenvalue weighted by Crippen LogP contribution is 2.14. The van der Waals surface area contributed by atoms with Crippen molar-refractivity contribution < 1.29 is 14.6 Å². The Bertz CT molecular complexity index is 200. The minimum absolute atomic E-state index is 0.0213. The van der Waals surface area contributed by atoms with Gasteiger partial charge in [0.05, 0.1) is 13.7 Å². The molecule has 1 aliphatic rings. The third-order valence-electron chi connectivity index (χ3n) is 1.85. The average Bonchev–Trinajstić information content (AvgIpc) is 2.17. The van der Waals surface area contributed by atoms with Gasteiger partial charge in [0, 0.05) is 12.7 Å². The van der Waals surface area contributed by atoms with Crippen molar-refractivity contribution in [3.63, 3.8) is 0 Å². The fourth-order valence-electron chi connectivity index (χ4n) is 1.21. The zero-order chi connectivity index (χ0) is 8.97. The second-order valence-corrected chi connectivity index (χ2v) is 2.71. The first-order valence-corrected chi connectivity index (χ1v) is 3.93. The van der Waals surface area contributed by atoms with Crippen molar-refractivity contribution in [1.29, 1.82) is 0 Å². The van der Waals surface area contributed by atoms with E-state index in [1.165, 1.54) is 12.0 Å². The van der Waals surface area contributed by atoms with Crippen LogP contribution in [0, 0.1) is 0 Å². The van der Waals surface area contributed by atoms with Crippen LogP contribution in [-0.2, 0) is 4.74 Å². The number of hydrogen-bond acceptors (Lipinski definition) is 3. The number of aliphatic hydroxyl groups excluding tert-OH is 1. The number of ether oxygens (including phenoxy) is 1. The van der Waals surface area contributed by atoms with Crippen molar-refractivity contribution in [3.05, 3.63) is 11.8 Å². The van der Waals surface area contributed by atoms with Crippen LogP contribution in [0.2, 0.25) is 0 Å². The molecule has 0 unspecified atom stereocenters. The van der Waals surface area contributed by atoms with E-state index in [1.54, 1.807) is 6.20 Å². The molecule has 0 aromatic heterocycles. The first-order chi connectivity index (χ1) is 5.77. The Balaban J connectivity index is 2.60. The summed E-state index contributed by atoms with van der Waals surface area (Å²) in [5.74, 6) is 0. The highest BCUT2D eigenvalue weighted by atomic mass is 16.5. The fraction of sp³-hybridized carbons (Fsp3) is 0.625. The van der Waals surface area contributed by atoms with Crippen LogP contribution in [0.5, 0.6) is 0 Å². The van der Waals surface area contributed by atoms with E-state index in [0.717, 1.165) is 18.4 Å². The number of nitrogens with zero attached hydrogens (tertiary/aromatic N) is 1. The van der Waals surface area contributed by atoms with Gasteiger partial charge in [-0.2, -0.15) is 0 Å². The predicted octanol–water partition coefficient (Wildman–Crippen LogP) is 0.725. The van der Waals surface area contributed by atoms with E-state index in [4.69, 9.17) is 5.11 Å². The zero-order valence-electron chi connectivity index (χ0n) is 7.12. The van der Waals surface area contributed by atoms with E-state index in [0.29, 0.717) is 6.54 Å². The van der Waals surface area contributed by atoms with Crippen LogP contribution in [0.3, 0.4) is 0 Å². The molecule has 4 nitrogen and oxygen atoms in total. The number of hydrogen-bond donors (Lipinski definition) is 1. The largest absolute Gasteiger partial charge is 0.452 e. The first kappa shape index (κ1) is 9.06. The maximum atomic E-state index is 11.0. The summed E-state index contributed by atoms with van der Waals surface area (Å²) in [6, 6.07) is 0. The van der Waals surface area contributed by atoms with E-state index in [2.05, 4.69) is 4.74 Å². The number of aliphatic hydroxyl groups is 1. The Hall–Kier alpha value is -1.03. The highest BCUT2D eigenvalue weighted by molar-refractivity contribution is 5.69. The quantitative estimate of drug-likeness (QED) is 0.632. The van der Waals surface area contributed by atoms with Gasteiger partial charge in [0.2, 0.25) is 0 Å². The molecule has 12 heavy (non-hydrogen) atoms. The van der Waals surface area contributed by atoms with Crippen LogP contribution in [0.15, 0.2) is 11.8 Å². The molecule has 0 spiro atoms. The van der Waals surface area contributed by atoms with E-state index >= 15 is 0 Å². The van der Waals surface area contributed by atoms with E-state index < -0.39 is 0 Å². The van der Waals surface area contributed by atoms with E-state index in [-0.39, 0.29) is 12.7 Å². The van der Waals surface area contributed by atoms with Gasteiger partial charge in [-0.1, -0.05) is 0 Å². The molecule has 0 saturated heterocycles. The van der Waals surface area contributed by atoms with Gasteiger partial charge < -0.3 is 9.84 Å². The van der Waals surface area contributed by atoms with Crippen molar-refractivity contribution in [1.82, 2.24) is 4.90 Å². The third kappa shape index (κ3) is 1.98. The average molecular weight is 171 g/mol. The molecular weight excluding hydrogens is 158 g/mol. The van der Waals surface area contributed by atoms with Gasteiger partial charge in [0.15, 0.2) is 0 Å². The van der Waals surface area contributed by atoms with Gasteiger partial charge in [0.25, 0.3) is 0 Å². The molecule has 0 atom stereocenters. The number of carbonyl (C=O) groups is 1. The number of methoxy groups -OCH3 is 1. The first-order valence-electron chi connectivity index (χ1n) is 3.93. The third-order valence-corrected chi connectivity index (χ3v) is 1.85. The summed E-state index contributed by atoms with van der Waals surface area (Å²) in [5.41, 5.74) is 0.881. The number of carbonyl (C=O) groups excluding carboxylic acids is 1. The van der Waals surface area contributed by atoms with Crippen LogP contribution >= 0.6 is 0 Å². The molecule has 68 valence electrons. The minimum Gasteiger partial charge on any atom is -0.452 e. The van der Waals surface area contributed by atoms with E-state index in [9.17, 15) is 4.79 Å². The molecule has 0 saturated carbocycles. The molecule has 0 aromatic carbocycles. The molecule has 4 heteroatoms. The Kier molecular flexibility index (Phi) is 3.10. The van der Waals surface area contributed by atoms with Gasteiger partial charge in [-0.25, -0.2) is 4.79 Å². The summed E-state index contributed by atoms with van der Waals surface area (Å²) >= 11 is 0. The predicted molar refractivity (Wildman–Crippen MR) is 43.5 cm³/mol. The molecule has 1 heterocycles. The second-order valence-electron chi connectivity index (χ2n) is 2.71. The molecule has 0 bridgehead atoms. The monoisotopic (exact) mass is 171 g/mol. The molecule has 1 amide bonds. The lowest BCUT2D eigenvalue weighted by atomic mass is 10.1.